The smallest absolute Gasteiger partial charge is 0.244 e. The summed E-state index contributed by atoms with van der Waals surface area (Å²) in [5, 5.41) is 0.946. The summed E-state index contributed by atoms with van der Waals surface area (Å²) in [6.07, 6.45) is 0.848. The lowest BCUT2D eigenvalue weighted by Crippen LogP contribution is -2.51. The van der Waals surface area contributed by atoms with E-state index in [1.54, 1.807) is 0 Å². The molecule has 1 unspecified atom stereocenters. The highest BCUT2D eigenvalue weighted by atomic mass is 32.1. The van der Waals surface area contributed by atoms with E-state index in [0.717, 1.165) is 36.0 Å². The fraction of sp³-hybridized carbons (Fsp3) is 0.438. The molecule has 122 valence electrons. The predicted octanol–water partition coefficient (Wildman–Crippen LogP) is 1.45. The van der Waals surface area contributed by atoms with Crippen molar-refractivity contribution in [2.75, 3.05) is 31.1 Å². The molecule has 0 saturated carbocycles. The van der Waals surface area contributed by atoms with Crippen molar-refractivity contribution >= 4 is 22.6 Å². The number of nitrogens with two attached hydrogens (primary N) is 1. The van der Waals surface area contributed by atoms with Crippen LogP contribution in [0.3, 0.4) is 0 Å². The highest BCUT2D eigenvalue weighted by molar-refractivity contribution is 7.09. The van der Waals surface area contributed by atoms with Crippen molar-refractivity contribution < 1.29 is 4.79 Å². The van der Waals surface area contributed by atoms with Gasteiger partial charge < -0.3 is 15.5 Å². The maximum atomic E-state index is 12.5. The van der Waals surface area contributed by atoms with Gasteiger partial charge in [-0.15, -0.1) is 0 Å². The third kappa shape index (κ3) is 3.51. The predicted molar refractivity (Wildman–Crippen MR) is 91.5 cm³/mol. The molecule has 1 aliphatic rings. The standard InChI is InChI=1S/C16H21N5OS/c1-2-13-18-16(23-19-13)21-10-8-20(9-11-21)15(22)14(17)12-6-4-3-5-7-12/h3-7,14H,2,8-11,17H2,1H3. The number of benzene rings is 1. The molecule has 0 bridgehead atoms. The van der Waals surface area contributed by atoms with Crippen LogP contribution in [0.25, 0.3) is 0 Å². The highest BCUT2D eigenvalue weighted by Crippen LogP contribution is 2.20. The van der Waals surface area contributed by atoms with Gasteiger partial charge in [0.05, 0.1) is 0 Å². The van der Waals surface area contributed by atoms with Crippen LogP contribution in [0, 0.1) is 0 Å². The first-order valence-corrected chi connectivity index (χ1v) is 8.63. The van der Waals surface area contributed by atoms with Gasteiger partial charge >= 0.3 is 0 Å². The third-order valence-corrected chi connectivity index (χ3v) is 4.88. The zero-order valence-corrected chi connectivity index (χ0v) is 14.0. The van der Waals surface area contributed by atoms with Crippen molar-refractivity contribution in [3.8, 4) is 0 Å². The monoisotopic (exact) mass is 331 g/mol. The molecule has 0 radical (unpaired) electrons. The minimum atomic E-state index is -0.587. The van der Waals surface area contributed by atoms with Crippen LogP contribution in [0.15, 0.2) is 30.3 Å². The van der Waals surface area contributed by atoms with Crippen LogP contribution in [0.4, 0.5) is 5.13 Å². The highest BCUT2D eigenvalue weighted by Gasteiger charge is 2.27. The molecule has 2 aromatic rings. The van der Waals surface area contributed by atoms with Gasteiger partial charge in [0.2, 0.25) is 11.0 Å². The summed E-state index contributed by atoms with van der Waals surface area (Å²) in [6.45, 7) is 4.92. The van der Waals surface area contributed by atoms with Crippen molar-refractivity contribution in [1.82, 2.24) is 14.3 Å². The zero-order valence-electron chi connectivity index (χ0n) is 13.2. The van der Waals surface area contributed by atoms with Gasteiger partial charge in [-0.05, 0) is 5.56 Å². The maximum absolute atomic E-state index is 12.5. The second kappa shape index (κ2) is 7.06. The molecular formula is C16H21N5OS. The van der Waals surface area contributed by atoms with E-state index in [-0.39, 0.29) is 5.91 Å². The molecule has 1 aromatic heterocycles. The van der Waals surface area contributed by atoms with Crippen LogP contribution in [0.5, 0.6) is 0 Å². The Hall–Kier alpha value is -1.99. The van der Waals surface area contributed by atoms with Gasteiger partial charge in [-0.1, -0.05) is 37.3 Å². The number of carbonyl (C=O) groups is 1. The second-order valence-electron chi connectivity index (χ2n) is 5.55. The Morgan fingerprint density at radius 1 is 1.26 bits per heavy atom. The van der Waals surface area contributed by atoms with E-state index >= 15 is 0 Å². The molecule has 1 aliphatic heterocycles. The van der Waals surface area contributed by atoms with Gasteiger partial charge in [-0.2, -0.15) is 4.37 Å². The minimum absolute atomic E-state index is 0.0117. The Labute approximate surface area is 140 Å². The lowest BCUT2D eigenvalue weighted by molar-refractivity contribution is -0.133. The number of anilines is 1. The van der Waals surface area contributed by atoms with Gasteiger partial charge in [-0.3, -0.25) is 4.79 Å². The topological polar surface area (TPSA) is 75.4 Å². The summed E-state index contributed by atoms with van der Waals surface area (Å²) in [5.74, 6) is 0.872. The number of hydrogen-bond donors (Lipinski definition) is 1. The molecule has 7 heteroatoms. The van der Waals surface area contributed by atoms with Crippen LogP contribution < -0.4 is 10.6 Å². The SMILES string of the molecule is CCc1nsc(N2CCN(C(=O)C(N)c3ccccc3)CC2)n1. The molecular weight excluding hydrogens is 310 g/mol. The van der Waals surface area contributed by atoms with E-state index in [0.29, 0.717) is 13.1 Å². The third-order valence-electron chi connectivity index (χ3n) is 4.06. The van der Waals surface area contributed by atoms with Gasteiger partial charge in [0.15, 0.2) is 0 Å². The summed E-state index contributed by atoms with van der Waals surface area (Å²) < 4.78 is 4.32. The van der Waals surface area contributed by atoms with Crippen molar-refractivity contribution in [3.63, 3.8) is 0 Å². The second-order valence-corrected chi connectivity index (χ2v) is 6.28. The molecule has 1 fully saturated rings. The molecule has 23 heavy (non-hydrogen) atoms. The van der Waals surface area contributed by atoms with Crippen LogP contribution in [-0.2, 0) is 11.2 Å². The first-order valence-electron chi connectivity index (χ1n) is 7.86. The molecule has 1 aromatic carbocycles. The van der Waals surface area contributed by atoms with Crippen LogP contribution in [-0.4, -0.2) is 46.3 Å². The Balaban J connectivity index is 1.59. The first kappa shape index (κ1) is 15.9. The molecule has 6 nitrogen and oxygen atoms in total. The summed E-state index contributed by atoms with van der Waals surface area (Å²) in [7, 11) is 0. The fourth-order valence-corrected chi connectivity index (χ4v) is 3.44. The van der Waals surface area contributed by atoms with Crippen LogP contribution >= 0.6 is 11.5 Å². The summed E-state index contributed by atoms with van der Waals surface area (Å²) in [5.41, 5.74) is 6.97. The number of nitrogens with zero attached hydrogens (tertiary/aromatic N) is 4. The fourth-order valence-electron chi connectivity index (χ4n) is 2.63. The number of aryl methyl sites for hydroxylation is 1. The molecule has 0 spiro atoms. The van der Waals surface area contributed by atoms with E-state index in [9.17, 15) is 4.79 Å². The average molecular weight is 331 g/mol. The van der Waals surface area contributed by atoms with Crippen LogP contribution in [0.1, 0.15) is 24.4 Å². The first-order chi connectivity index (χ1) is 11.2. The Bertz CT molecular complexity index is 652. The Morgan fingerprint density at radius 3 is 2.57 bits per heavy atom. The van der Waals surface area contributed by atoms with E-state index in [1.807, 2.05) is 42.2 Å². The maximum Gasteiger partial charge on any atom is 0.244 e. The lowest BCUT2D eigenvalue weighted by atomic mass is 10.1. The number of hydrogen-bond acceptors (Lipinski definition) is 6. The van der Waals surface area contributed by atoms with Gasteiger partial charge in [0.1, 0.15) is 11.9 Å². The van der Waals surface area contributed by atoms with E-state index in [2.05, 4.69) is 14.3 Å². The van der Waals surface area contributed by atoms with Crippen molar-refractivity contribution in [3.05, 3.63) is 41.7 Å². The quantitative estimate of drug-likeness (QED) is 0.918. The van der Waals surface area contributed by atoms with E-state index in [4.69, 9.17) is 5.73 Å². The zero-order chi connectivity index (χ0) is 16.2. The molecule has 2 heterocycles. The van der Waals surface area contributed by atoms with E-state index < -0.39 is 6.04 Å². The molecule has 3 rings (SSSR count). The number of aromatic nitrogens is 2. The van der Waals surface area contributed by atoms with E-state index in [1.165, 1.54) is 11.5 Å². The van der Waals surface area contributed by atoms with Crippen molar-refractivity contribution in [1.29, 1.82) is 0 Å². The average Bonchev–Trinajstić information content (AvgIpc) is 3.10. The summed E-state index contributed by atoms with van der Waals surface area (Å²) in [6, 6.07) is 8.93. The number of rotatable bonds is 4. The number of piperazine rings is 1. The largest absolute Gasteiger partial charge is 0.343 e. The van der Waals surface area contributed by atoms with Crippen molar-refractivity contribution in [2.24, 2.45) is 5.73 Å². The Morgan fingerprint density at radius 2 is 1.96 bits per heavy atom. The summed E-state index contributed by atoms with van der Waals surface area (Å²) in [4.78, 5) is 21.1. The molecule has 2 N–H and O–H groups in total. The number of amides is 1. The van der Waals surface area contributed by atoms with Gasteiger partial charge in [-0.25, -0.2) is 4.98 Å². The minimum Gasteiger partial charge on any atom is -0.343 e. The Kier molecular flexibility index (Phi) is 4.88. The lowest BCUT2D eigenvalue weighted by Gasteiger charge is -2.35. The molecule has 0 aliphatic carbocycles. The van der Waals surface area contributed by atoms with Crippen molar-refractivity contribution in [2.45, 2.75) is 19.4 Å². The molecule has 1 saturated heterocycles. The summed E-state index contributed by atoms with van der Waals surface area (Å²) >= 11 is 1.43. The van der Waals surface area contributed by atoms with Gasteiger partial charge in [0.25, 0.3) is 0 Å². The molecule has 1 amide bonds. The van der Waals surface area contributed by atoms with Crippen LogP contribution in [0.2, 0.25) is 0 Å². The molecule has 1 atom stereocenters. The normalized spacial score (nSPS) is 16.4. The van der Waals surface area contributed by atoms with Gasteiger partial charge in [0, 0.05) is 44.1 Å². The number of carbonyl (C=O) groups excluding carboxylic acids is 1.